The number of carbonyl (C=O) groups excluding carboxylic acids is 1. The molecule has 0 spiro atoms. The fourth-order valence-electron chi connectivity index (χ4n) is 3.18. The molecule has 4 nitrogen and oxygen atoms in total. The van der Waals surface area contributed by atoms with Gasteiger partial charge >= 0.3 is 0 Å². The van der Waals surface area contributed by atoms with Gasteiger partial charge < -0.3 is 10.6 Å². The third-order valence-electron chi connectivity index (χ3n) is 5.01. The highest BCUT2D eigenvalue weighted by Gasteiger charge is 2.21. The molecule has 26 heavy (non-hydrogen) atoms. The first kappa shape index (κ1) is 19.1. The van der Waals surface area contributed by atoms with Crippen molar-refractivity contribution in [3.05, 3.63) is 40.8 Å². The SMILES string of the molecule is CN1CCN(CC(=O)c2sc(-c3ccc(C(C)(C)C)cc3)cc2N)CC1. The summed E-state index contributed by atoms with van der Waals surface area (Å²) < 4.78 is 0. The van der Waals surface area contributed by atoms with Crippen LogP contribution in [-0.4, -0.2) is 55.4 Å². The maximum Gasteiger partial charge on any atom is 0.188 e. The lowest BCUT2D eigenvalue weighted by Gasteiger charge is -2.31. The summed E-state index contributed by atoms with van der Waals surface area (Å²) >= 11 is 1.51. The van der Waals surface area contributed by atoms with Crippen LogP contribution in [-0.2, 0) is 5.41 Å². The van der Waals surface area contributed by atoms with Crippen molar-refractivity contribution in [3.63, 3.8) is 0 Å². The highest BCUT2D eigenvalue weighted by atomic mass is 32.1. The molecule has 1 aliphatic rings. The van der Waals surface area contributed by atoms with Gasteiger partial charge in [-0.05, 0) is 29.7 Å². The molecule has 2 heterocycles. The largest absolute Gasteiger partial charge is 0.397 e. The fourth-order valence-corrected chi connectivity index (χ4v) is 4.20. The Morgan fingerprint density at radius 3 is 2.31 bits per heavy atom. The molecule has 0 bridgehead atoms. The summed E-state index contributed by atoms with van der Waals surface area (Å²) in [4.78, 5) is 19.0. The van der Waals surface area contributed by atoms with Gasteiger partial charge in [0.05, 0.1) is 17.1 Å². The molecule has 1 aromatic carbocycles. The standard InChI is InChI=1S/C21H29N3OS/c1-21(2,3)16-7-5-15(6-8-16)19-13-17(22)20(26-19)18(25)14-24-11-9-23(4)10-12-24/h5-8,13H,9-12,14,22H2,1-4H3. The second-order valence-corrected chi connectivity index (χ2v) is 9.28. The first-order valence-electron chi connectivity index (χ1n) is 9.18. The number of carbonyl (C=O) groups is 1. The monoisotopic (exact) mass is 371 g/mol. The average Bonchev–Trinajstić information content (AvgIpc) is 2.98. The smallest absolute Gasteiger partial charge is 0.188 e. The summed E-state index contributed by atoms with van der Waals surface area (Å²) in [6.45, 7) is 11.0. The zero-order valence-corrected chi connectivity index (χ0v) is 17.0. The van der Waals surface area contributed by atoms with Gasteiger partial charge in [-0.2, -0.15) is 0 Å². The minimum absolute atomic E-state index is 0.134. The Kier molecular flexibility index (Phi) is 5.51. The van der Waals surface area contributed by atoms with Crippen LogP contribution in [0.15, 0.2) is 30.3 Å². The zero-order chi connectivity index (χ0) is 18.9. The van der Waals surface area contributed by atoms with Crippen LogP contribution < -0.4 is 5.73 Å². The number of ketones is 1. The number of piperazine rings is 1. The normalized spacial score (nSPS) is 16.8. The number of nitrogen functional groups attached to an aromatic ring is 1. The Labute approximate surface area is 160 Å². The fraction of sp³-hybridized carbons (Fsp3) is 0.476. The predicted molar refractivity (Wildman–Crippen MR) is 111 cm³/mol. The van der Waals surface area contributed by atoms with E-state index in [1.165, 1.54) is 16.9 Å². The molecule has 1 aliphatic heterocycles. The zero-order valence-electron chi connectivity index (χ0n) is 16.2. The number of rotatable bonds is 4. The Hall–Kier alpha value is -1.69. The van der Waals surface area contributed by atoms with Crippen molar-refractivity contribution in [3.8, 4) is 10.4 Å². The highest BCUT2D eigenvalue weighted by molar-refractivity contribution is 7.18. The quantitative estimate of drug-likeness (QED) is 0.832. The van der Waals surface area contributed by atoms with Crippen molar-refractivity contribution >= 4 is 22.8 Å². The minimum atomic E-state index is 0.134. The van der Waals surface area contributed by atoms with Crippen molar-refractivity contribution < 1.29 is 4.79 Å². The first-order chi connectivity index (χ1) is 12.2. The molecule has 2 aromatic rings. The number of likely N-dealkylation sites (N-methyl/N-ethyl adjacent to an activating group) is 1. The number of hydrogen-bond donors (Lipinski definition) is 1. The first-order valence-corrected chi connectivity index (χ1v) is 10.00. The molecule has 1 fully saturated rings. The number of Topliss-reactive ketones (excluding diaryl/α,β-unsaturated/α-hetero) is 1. The predicted octanol–water partition coefficient (Wildman–Crippen LogP) is 3.72. The molecule has 0 atom stereocenters. The van der Waals surface area contributed by atoms with Crippen molar-refractivity contribution in [2.75, 3.05) is 45.5 Å². The van der Waals surface area contributed by atoms with E-state index in [2.05, 4.69) is 61.9 Å². The Morgan fingerprint density at radius 2 is 1.73 bits per heavy atom. The molecule has 3 rings (SSSR count). The van der Waals surface area contributed by atoms with Crippen LogP contribution in [0.25, 0.3) is 10.4 Å². The van der Waals surface area contributed by atoms with E-state index in [9.17, 15) is 4.79 Å². The van der Waals surface area contributed by atoms with Gasteiger partial charge in [-0.25, -0.2) is 0 Å². The maximum absolute atomic E-state index is 12.7. The maximum atomic E-state index is 12.7. The van der Waals surface area contributed by atoms with E-state index >= 15 is 0 Å². The molecule has 140 valence electrons. The summed E-state index contributed by atoms with van der Waals surface area (Å²) in [5, 5.41) is 0. The lowest BCUT2D eigenvalue weighted by molar-refractivity contribution is 0.0881. The number of benzene rings is 1. The summed E-state index contributed by atoms with van der Waals surface area (Å²) in [5.74, 6) is 0.134. The summed E-state index contributed by atoms with van der Waals surface area (Å²) in [5.41, 5.74) is 9.33. The summed E-state index contributed by atoms with van der Waals surface area (Å²) in [6.07, 6.45) is 0. The third kappa shape index (κ3) is 4.34. The van der Waals surface area contributed by atoms with Crippen LogP contribution >= 0.6 is 11.3 Å². The third-order valence-corrected chi connectivity index (χ3v) is 6.25. The lowest BCUT2D eigenvalue weighted by atomic mass is 9.86. The number of nitrogens with zero attached hydrogens (tertiary/aromatic N) is 2. The van der Waals surface area contributed by atoms with E-state index in [1.807, 2.05) is 6.07 Å². The topological polar surface area (TPSA) is 49.6 Å². The number of anilines is 1. The molecule has 0 unspecified atom stereocenters. The van der Waals surface area contributed by atoms with E-state index in [4.69, 9.17) is 5.73 Å². The summed E-state index contributed by atoms with van der Waals surface area (Å²) in [7, 11) is 2.12. The molecule has 1 aromatic heterocycles. The van der Waals surface area contributed by atoms with Gasteiger partial charge in [0.15, 0.2) is 5.78 Å². The highest BCUT2D eigenvalue weighted by Crippen LogP contribution is 2.34. The van der Waals surface area contributed by atoms with E-state index in [1.54, 1.807) is 0 Å². The second-order valence-electron chi connectivity index (χ2n) is 8.23. The minimum Gasteiger partial charge on any atom is -0.397 e. The Balaban J connectivity index is 1.73. The van der Waals surface area contributed by atoms with Crippen LogP contribution in [0, 0.1) is 0 Å². The molecular weight excluding hydrogens is 342 g/mol. The van der Waals surface area contributed by atoms with Crippen LogP contribution in [0.4, 0.5) is 5.69 Å². The van der Waals surface area contributed by atoms with Crippen molar-refractivity contribution in [1.29, 1.82) is 0 Å². The van der Waals surface area contributed by atoms with Gasteiger partial charge in [-0.1, -0.05) is 45.0 Å². The van der Waals surface area contributed by atoms with Gasteiger partial charge in [0.25, 0.3) is 0 Å². The number of thiophene rings is 1. The molecule has 0 radical (unpaired) electrons. The van der Waals surface area contributed by atoms with E-state index < -0.39 is 0 Å². The molecule has 5 heteroatoms. The van der Waals surface area contributed by atoms with Crippen molar-refractivity contribution in [2.45, 2.75) is 26.2 Å². The Morgan fingerprint density at radius 1 is 1.12 bits per heavy atom. The van der Waals surface area contributed by atoms with E-state index in [-0.39, 0.29) is 11.2 Å². The molecule has 0 amide bonds. The van der Waals surface area contributed by atoms with E-state index in [0.717, 1.165) is 36.6 Å². The van der Waals surface area contributed by atoms with Crippen molar-refractivity contribution in [1.82, 2.24) is 9.80 Å². The van der Waals surface area contributed by atoms with Crippen LogP contribution in [0.2, 0.25) is 0 Å². The van der Waals surface area contributed by atoms with E-state index in [0.29, 0.717) is 17.1 Å². The molecule has 0 aliphatic carbocycles. The molecule has 0 saturated carbocycles. The lowest BCUT2D eigenvalue weighted by Crippen LogP contribution is -2.46. The van der Waals surface area contributed by atoms with Gasteiger partial charge in [-0.15, -0.1) is 11.3 Å². The van der Waals surface area contributed by atoms with Gasteiger partial charge in [-0.3, -0.25) is 9.69 Å². The van der Waals surface area contributed by atoms with Crippen LogP contribution in [0.5, 0.6) is 0 Å². The molecule has 1 saturated heterocycles. The average molecular weight is 372 g/mol. The molecule has 2 N–H and O–H groups in total. The summed E-state index contributed by atoms with van der Waals surface area (Å²) in [6, 6.07) is 10.5. The van der Waals surface area contributed by atoms with Gasteiger partial charge in [0.1, 0.15) is 0 Å². The van der Waals surface area contributed by atoms with Gasteiger partial charge in [0.2, 0.25) is 0 Å². The van der Waals surface area contributed by atoms with Crippen molar-refractivity contribution in [2.24, 2.45) is 0 Å². The number of nitrogens with two attached hydrogens (primary N) is 1. The van der Waals surface area contributed by atoms with Crippen LogP contribution in [0.3, 0.4) is 0 Å². The molecular formula is C21H29N3OS. The number of hydrogen-bond acceptors (Lipinski definition) is 5. The Bertz CT molecular complexity index is 766. The van der Waals surface area contributed by atoms with Gasteiger partial charge in [0, 0.05) is 31.1 Å². The van der Waals surface area contributed by atoms with Crippen LogP contribution in [0.1, 0.15) is 36.0 Å². The second kappa shape index (κ2) is 7.51.